The molecule has 0 saturated heterocycles. The summed E-state index contributed by atoms with van der Waals surface area (Å²) in [6.45, 7) is 1.56. The first kappa shape index (κ1) is 16.6. The summed E-state index contributed by atoms with van der Waals surface area (Å²) in [4.78, 5) is 21.8. The summed E-state index contributed by atoms with van der Waals surface area (Å²) in [5.74, 6) is -1.30. The lowest BCUT2D eigenvalue weighted by Gasteiger charge is -2.03. The highest BCUT2D eigenvalue weighted by molar-refractivity contribution is 8.00. The SMILES string of the molecule is Cc1nnc(-c2c([N+](=O)[O-])c(SCC(=O)O)nn2-c2ccccc2)o1. The lowest BCUT2D eigenvalue weighted by atomic mass is 10.3. The molecule has 2 heterocycles. The number of carboxylic acid groups (broad SMARTS) is 1. The van der Waals surface area contributed by atoms with E-state index in [1.165, 1.54) is 4.68 Å². The van der Waals surface area contributed by atoms with Crippen molar-refractivity contribution in [2.75, 3.05) is 5.75 Å². The van der Waals surface area contributed by atoms with Crippen LogP contribution in [-0.2, 0) is 4.79 Å². The van der Waals surface area contributed by atoms with Crippen LogP contribution in [0, 0.1) is 17.0 Å². The maximum Gasteiger partial charge on any atom is 0.334 e. The minimum atomic E-state index is -1.11. The molecule has 0 amide bonds. The molecule has 0 saturated carbocycles. The van der Waals surface area contributed by atoms with Crippen LogP contribution in [0.4, 0.5) is 5.69 Å². The quantitative estimate of drug-likeness (QED) is 0.398. The number of rotatable bonds is 6. The Bertz CT molecular complexity index is 936. The Labute approximate surface area is 144 Å². The second kappa shape index (κ2) is 6.73. The van der Waals surface area contributed by atoms with Crippen molar-refractivity contribution in [1.82, 2.24) is 20.0 Å². The smallest absolute Gasteiger partial charge is 0.334 e. The average molecular weight is 361 g/mol. The zero-order valence-corrected chi connectivity index (χ0v) is 13.6. The first-order chi connectivity index (χ1) is 12.0. The summed E-state index contributed by atoms with van der Waals surface area (Å²) in [6, 6.07) is 8.69. The predicted molar refractivity (Wildman–Crippen MR) is 86.6 cm³/mol. The molecule has 0 radical (unpaired) electrons. The van der Waals surface area contributed by atoms with Gasteiger partial charge in [-0.1, -0.05) is 30.0 Å². The Morgan fingerprint density at radius 2 is 2.08 bits per heavy atom. The van der Waals surface area contributed by atoms with Gasteiger partial charge in [0.1, 0.15) is 0 Å². The van der Waals surface area contributed by atoms with E-state index in [-0.39, 0.29) is 33.9 Å². The number of benzene rings is 1. The maximum absolute atomic E-state index is 11.6. The minimum absolute atomic E-state index is 0.00434. The number of aryl methyl sites for hydroxylation is 1. The molecule has 3 aromatic rings. The molecule has 0 unspecified atom stereocenters. The molecule has 0 aliphatic rings. The second-order valence-electron chi connectivity index (χ2n) is 4.82. The van der Waals surface area contributed by atoms with Crippen LogP contribution in [0.15, 0.2) is 39.8 Å². The maximum atomic E-state index is 11.6. The topological polar surface area (TPSA) is 137 Å². The van der Waals surface area contributed by atoms with E-state index in [0.717, 1.165) is 11.8 Å². The lowest BCUT2D eigenvalue weighted by molar-refractivity contribution is -0.387. The van der Waals surface area contributed by atoms with Crippen LogP contribution < -0.4 is 0 Å². The van der Waals surface area contributed by atoms with Crippen LogP contribution >= 0.6 is 11.8 Å². The first-order valence-electron chi connectivity index (χ1n) is 6.95. The molecule has 1 N–H and O–H groups in total. The largest absolute Gasteiger partial charge is 0.481 e. The number of aromatic nitrogens is 4. The van der Waals surface area contributed by atoms with Crippen molar-refractivity contribution in [3.05, 3.63) is 46.3 Å². The highest BCUT2D eigenvalue weighted by Crippen LogP contribution is 2.39. The molecule has 128 valence electrons. The van der Waals surface area contributed by atoms with Crippen molar-refractivity contribution < 1.29 is 19.2 Å². The number of para-hydroxylation sites is 1. The number of hydrogen-bond acceptors (Lipinski definition) is 8. The number of thioether (sulfide) groups is 1. The number of nitrogens with zero attached hydrogens (tertiary/aromatic N) is 5. The normalized spacial score (nSPS) is 10.8. The molecule has 1 aromatic carbocycles. The van der Waals surface area contributed by atoms with Crippen molar-refractivity contribution >= 4 is 23.4 Å². The highest BCUT2D eigenvalue weighted by atomic mass is 32.2. The Kier molecular flexibility index (Phi) is 4.48. The minimum Gasteiger partial charge on any atom is -0.481 e. The van der Waals surface area contributed by atoms with E-state index in [9.17, 15) is 14.9 Å². The van der Waals surface area contributed by atoms with Gasteiger partial charge < -0.3 is 9.52 Å². The molecule has 0 aliphatic heterocycles. The summed E-state index contributed by atoms with van der Waals surface area (Å²) in [6.07, 6.45) is 0. The molecule has 25 heavy (non-hydrogen) atoms. The van der Waals surface area contributed by atoms with E-state index in [0.29, 0.717) is 5.69 Å². The Hall–Kier alpha value is -3.21. The van der Waals surface area contributed by atoms with Gasteiger partial charge in [-0.25, -0.2) is 4.68 Å². The molecular formula is C14H11N5O5S. The molecule has 0 bridgehead atoms. The Balaban J connectivity index is 2.24. The monoisotopic (exact) mass is 361 g/mol. The van der Waals surface area contributed by atoms with Crippen LogP contribution in [0.25, 0.3) is 17.3 Å². The first-order valence-corrected chi connectivity index (χ1v) is 7.94. The van der Waals surface area contributed by atoms with Gasteiger partial charge in [0.25, 0.3) is 5.89 Å². The van der Waals surface area contributed by atoms with Gasteiger partial charge >= 0.3 is 11.7 Å². The number of aliphatic carboxylic acids is 1. The average Bonchev–Trinajstić information content (AvgIpc) is 3.17. The van der Waals surface area contributed by atoms with E-state index < -0.39 is 10.9 Å². The van der Waals surface area contributed by atoms with Crippen molar-refractivity contribution in [1.29, 1.82) is 0 Å². The Morgan fingerprint density at radius 1 is 1.36 bits per heavy atom. The fourth-order valence-corrected chi connectivity index (χ4v) is 2.83. The zero-order chi connectivity index (χ0) is 18.0. The highest BCUT2D eigenvalue weighted by Gasteiger charge is 2.33. The molecule has 0 fully saturated rings. The van der Waals surface area contributed by atoms with Crippen molar-refractivity contribution in [3.63, 3.8) is 0 Å². The molecule has 2 aromatic heterocycles. The van der Waals surface area contributed by atoms with E-state index >= 15 is 0 Å². The molecular weight excluding hydrogens is 350 g/mol. The van der Waals surface area contributed by atoms with Crippen molar-refractivity contribution in [3.8, 4) is 17.3 Å². The van der Waals surface area contributed by atoms with Gasteiger partial charge in [-0.2, -0.15) is 5.10 Å². The fraction of sp³-hybridized carbons (Fsp3) is 0.143. The van der Waals surface area contributed by atoms with Gasteiger partial charge in [0, 0.05) is 6.92 Å². The second-order valence-corrected chi connectivity index (χ2v) is 5.78. The van der Waals surface area contributed by atoms with Gasteiger partial charge in [-0.15, -0.1) is 10.2 Å². The van der Waals surface area contributed by atoms with Gasteiger partial charge in [-0.3, -0.25) is 14.9 Å². The van der Waals surface area contributed by atoms with E-state index in [2.05, 4.69) is 15.3 Å². The molecule has 0 atom stereocenters. The summed E-state index contributed by atoms with van der Waals surface area (Å²) in [5, 5.41) is 32.2. The molecule has 0 aliphatic carbocycles. The van der Waals surface area contributed by atoms with Gasteiger partial charge in [0.05, 0.1) is 16.4 Å². The molecule has 3 rings (SSSR count). The zero-order valence-electron chi connectivity index (χ0n) is 12.8. The summed E-state index contributed by atoms with van der Waals surface area (Å²) in [7, 11) is 0. The van der Waals surface area contributed by atoms with Crippen LogP contribution in [0.3, 0.4) is 0 Å². The number of carboxylic acids is 1. The Morgan fingerprint density at radius 3 is 2.64 bits per heavy atom. The van der Waals surface area contributed by atoms with E-state index in [1.807, 2.05) is 0 Å². The van der Waals surface area contributed by atoms with Crippen molar-refractivity contribution in [2.24, 2.45) is 0 Å². The third-order valence-electron chi connectivity index (χ3n) is 3.07. The van der Waals surface area contributed by atoms with Crippen LogP contribution in [-0.4, -0.2) is 41.7 Å². The van der Waals surface area contributed by atoms with Gasteiger partial charge in [0.2, 0.25) is 11.6 Å². The molecule has 11 heteroatoms. The summed E-state index contributed by atoms with van der Waals surface area (Å²) >= 11 is 0.752. The third-order valence-corrected chi connectivity index (χ3v) is 4.01. The number of hydrogen-bond donors (Lipinski definition) is 1. The standard InChI is InChI=1S/C14H11N5O5S/c1-8-15-16-13(24-8)11-12(19(22)23)14(25-7-10(20)21)17-18(11)9-5-3-2-4-6-9/h2-6H,7H2,1H3,(H,20,21). The predicted octanol–water partition coefficient (Wildman–Crippen LogP) is 2.32. The summed E-state index contributed by atoms with van der Waals surface area (Å²) in [5.41, 5.74) is 0.169. The molecule has 0 spiro atoms. The van der Waals surface area contributed by atoms with E-state index in [4.69, 9.17) is 9.52 Å². The lowest BCUT2D eigenvalue weighted by Crippen LogP contribution is -2.00. The van der Waals surface area contributed by atoms with Crippen molar-refractivity contribution in [2.45, 2.75) is 11.9 Å². The van der Waals surface area contributed by atoms with Gasteiger partial charge in [-0.05, 0) is 12.1 Å². The number of nitro groups is 1. The fourth-order valence-electron chi connectivity index (χ4n) is 2.12. The van der Waals surface area contributed by atoms with Crippen LogP contribution in [0.5, 0.6) is 0 Å². The van der Waals surface area contributed by atoms with Crippen LogP contribution in [0.1, 0.15) is 5.89 Å². The third kappa shape index (κ3) is 3.35. The number of carbonyl (C=O) groups is 1. The van der Waals surface area contributed by atoms with E-state index in [1.54, 1.807) is 37.3 Å². The molecule has 10 nitrogen and oxygen atoms in total. The summed E-state index contributed by atoms with van der Waals surface area (Å²) < 4.78 is 6.65. The van der Waals surface area contributed by atoms with Gasteiger partial charge in [0.15, 0.2) is 5.03 Å². The van der Waals surface area contributed by atoms with Crippen LogP contribution in [0.2, 0.25) is 0 Å².